The van der Waals surface area contributed by atoms with Gasteiger partial charge in [0.25, 0.3) is 0 Å². The maximum Gasteiger partial charge on any atom is 0.407 e. The zero-order chi connectivity index (χ0) is 63.5. The van der Waals surface area contributed by atoms with Gasteiger partial charge in [0, 0.05) is 61.4 Å². The van der Waals surface area contributed by atoms with Crippen molar-refractivity contribution in [2.24, 2.45) is 11.8 Å². The SMILES string of the molecule is Cc1nc(-c2ccc(C(C)(C)C)cc2)nc(C)c1C(=O)C[C@@H](CCNC(=O)OC(C)(C)C)C(=O)N(C)[C@@H]1C(=O)C[C@@H](C)C(=O)N[C@H](C(=O)O)Cc2cc(OCCNC(=O)OC(C)(C)C)c(O)c(c2)-c2cc1ccc2OCCNC(=O)OC(C)(C)C. The number of likely N-dealkylation sites (N-methyl/N-ethyl adjacent to an activating group) is 1. The van der Waals surface area contributed by atoms with Crippen LogP contribution in [0.2, 0.25) is 0 Å². The van der Waals surface area contributed by atoms with Crippen molar-refractivity contribution in [1.82, 2.24) is 36.1 Å². The van der Waals surface area contributed by atoms with E-state index in [2.05, 4.69) is 42.0 Å². The number of nitrogens with zero attached hydrogens (tertiary/aromatic N) is 3. The first-order chi connectivity index (χ1) is 39.4. The van der Waals surface area contributed by atoms with Crippen LogP contribution in [-0.2, 0) is 45.2 Å². The van der Waals surface area contributed by atoms with E-state index in [4.69, 9.17) is 33.7 Å². The molecule has 5 rings (SSSR count). The van der Waals surface area contributed by atoms with Gasteiger partial charge in [-0.3, -0.25) is 19.2 Å². The van der Waals surface area contributed by atoms with Crippen LogP contribution in [0.4, 0.5) is 14.4 Å². The number of fused-ring (bicyclic) bond motifs is 5. The predicted molar refractivity (Wildman–Crippen MR) is 318 cm³/mol. The van der Waals surface area contributed by atoms with Crippen LogP contribution in [0.1, 0.15) is 154 Å². The number of nitrogens with one attached hydrogen (secondary N) is 4. The average molecular weight is 1180 g/mol. The van der Waals surface area contributed by atoms with Crippen LogP contribution < -0.4 is 30.7 Å². The summed E-state index contributed by atoms with van der Waals surface area (Å²) in [4.78, 5) is 121. The number of aromatic hydroxyl groups is 1. The van der Waals surface area contributed by atoms with Crippen LogP contribution in [0.5, 0.6) is 17.2 Å². The number of ketones is 2. The Kier molecular flexibility index (Phi) is 22.3. The number of carbonyl (C=O) groups is 8. The molecule has 5 amide bonds. The van der Waals surface area contributed by atoms with Gasteiger partial charge in [-0.05, 0) is 129 Å². The number of amides is 5. The smallest absolute Gasteiger partial charge is 0.407 e. The summed E-state index contributed by atoms with van der Waals surface area (Å²) in [6.07, 6.45) is -3.57. The minimum atomic E-state index is -1.56. The number of carboxylic acids is 1. The Morgan fingerprint density at radius 1 is 0.694 bits per heavy atom. The molecule has 22 nitrogen and oxygen atoms in total. The highest BCUT2D eigenvalue weighted by atomic mass is 16.6. The molecule has 0 saturated carbocycles. The highest BCUT2D eigenvalue weighted by Gasteiger charge is 2.37. The van der Waals surface area contributed by atoms with E-state index in [9.17, 15) is 39.0 Å². The van der Waals surface area contributed by atoms with E-state index >= 15 is 9.59 Å². The lowest BCUT2D eigenvalue weighted by Gasteiger charge is -2.32. The topological polar surface area (TPSA) is 300 Å². The molecule has 4 bridgehead atoms. The second kappa shape index (κ2) is 28.1. The molecule has 1 aliphatic heterocycles. The Morgan fingerprint density at radius 3 is 1.72 bits per heavy atom. The largest absolute Gasteiger partial charge is 0.504 e. The monoisotopic (exact) mass is 1180 g/mol. The summed E-state index contributed by atoms with van der Waals surface area (Å²) < 4.78 is 28.5. The minimum absolute atomic E-state index is 0.00298. The summed E-state index contributed by atoms with van der Waals surface area (Å²) in [5.74, 6) is -6.53. The van der Waals surface area contributed by atoms with E-state index in [0.29, 0.717) is 17.2 Å². The van der Waals surface area contributed by atoms with Gasteiger partial charge < -0.3 is 60.1 Å². The molecule has 0 saturated heterocycles. The number of ether oxygens (including phenoxy) is 5. The fourth-order valence-electron chi connectivity index (χ4n) is 9.37. The van der Waals surface area contributed by atoms with Gasteiger partial charge >= 0.3 is 24.2 Å². The molecule has 0 aliphatic carbocycles. The minimum Gasteiger partial charge on any atom is -0.504 e. The number of Topliss-reactive ketones (excluding diaryl/α,β-unsaturated/α-hetero) is 2. The van der Waals surface area contributed by atoms with Gasteiger partial charge in [-0.1, -0.05) is 58.0 Å². The number of aromatic nitrogens is 2. The number of aryl methyl sites for hydroxylation is 2. The van der Waals surface area contributed by atoms with Crippen LogP contribution in [-0.4, -0.2) is 135 Å². The van der Waals surface area contributed by atoms with E-state index in [-0.39, 0.29) is 90.4 Å². The lowest BCUT2D eigenvalue weighted by atomic mass is 9.86. The second-order valence-corrected chi connectivity index (χ2v) is 25.3. The molecule has 1 aliphatic rings. The summed E-state index contributed by atoms with van der Waals surface area (Å²) in [7, 11) is 1.37. The van der Waals surface area contributed by atoms with E-state index in [1.54, 1.807) is 76.2 Å². The fraction of sp³-hybridized carbons (Fsp3) is 0.524. The molecule has 0 spiro atoms. The average Bonchev–Trinajstić information content (AvgIpc) is 1.49. The van der Waals surface area contributed by atoms with Crippen molar-refractivity contribution in [1.29, 1.82) is 0 Å². The Labute approximate surface area is 497 Å². The van der Waals surface area contributed by atoms with Gasteiger partial charge in [-0.2, -0.15) is 0 Å². The fourth-order valence-corrected chi connectivity index (χ4v) is 9.37. The number of phenols is 1. The Morgan fingerprint density at radius 2 is 1.21 bits per heavy atom. The third-order valence-corrected chi connectivity index (χ3v) is 13.4. The van der Waals surface area contributed by atoms with E-state index in [0.717, 1.165) is 16.0 Å². The zero-order valence-corrected chi connectivity index (χ0v) is 51.9. The van der Waals surface area contributed by atoms with Crippen molar-refractivity contribution in [2.45, 2.75) is 164 Å². The molecular formula is C63H85N7O15. The molecule has 4 atom stereocenters. The quantitative estimate of drug-likeness (QED) is 0.0307. The van der Waals surface area contributed by atoms with Crippen LogP contribution in [0.3, 0.4) is 0 Å². The van der Waals surface area contributed by atoms with Gasteiger partial charge in [0.05, 0.1) is 30.0 Å². The summed E-state index contributed by atoms with van der Waals surface area (Å²) in [6, 6.07) is 12.2. The zero-order valence-electron chi connectivity index (χ0n) is 51.9. The normalized spacial score (nSPS) is 16.1. The van der Waals surface area contributed by atoms with Crippen molar-refractivity contribution in [2.75, 3.05) is 39.9 Å². The molecule has 2 heterocycles. The number of rotatable bonds is 18. The Hall–Kier alpha value is -8.30. The lowest BCUT2D eigenvalue weighted by Crippen LogP contribution is -2.46. The second-order valence-electron chi connectivity index (χ2n) is 25.3. The van der Waals surface area contributed by atoms with Gasteiger partial charge in [-0.15, -0.1) is 0 Å². The molecule has 22 heteroatoms. The molecule has 85 heavy (non-hydrogen) atoms. The van der Waals surface area contributed by atoms with Gasteiger partial charge in [0.15, 0.2) is 28.9 Å². The summed E-state index contributed by atoms with van der Waals surface area (Å²) >= 11 is 0. The van der Waals surface area contributed by atoms with E-state index < -0.39 is 107 Å². The standard InChI is InChI=1S/C63H85N7O15/c1-35-29-47(72)51(70(16)55(75)41(23-24-64-57(78)83-61(7,8)9)34-46(71)50-36(2)67-53(68-37(50)3)39-17-20-42(21-18-39)60(4,5)6)40-19-22-48(81-27-25-65-58(79)84-62(10,11)12)43(33-40)44-30-38(31-45(56(76)77)69-54(35)74)32-49(52(44)73)82-28-26-66-59(80)85-63(13,14)15/h17-22,30,32-33,35,41,45,51,73H,23-29,31,34H2,1-16H3,(H,64,78)(H,65,79)(H,66,80)(H,69,74)(H,76,77)/t35-,41-,45+,51+/m1/s1. The van der Waals surface area contributed by atoms with E-state index in [1.807, 2.05) is 24.3 Å². The summed E-state index contributed by atoms with van der Waals surface area (Å²) in [5.41, 5.74) is 0.788. The summed E-state index contributed by atoms with van der Waals surface area (Å²) in [6.45, 7) is 25.8. The first kappa shape index (κ1) is 67.5. The van der Waals surface area contributed by atoms with Gasteiger partial charge in [0.1, 0.15) is 47.9 Å². The number of aliphatic carboxylic acids is 1. The third-order valence-electron chi connectivity index (χ3n) is 13.4. The number of phenolic OH excluding ortho intramolecular Hbond substituents is 1. The first-order valence-electron chi connectivity index (χ1n) is 28.4. The first-order valence-corrected chi connectivity index (χ1v) is 28.4. The van der Waals surface area contributed by atoms with Crippen molar-refractivity contribution < 1.29 is 72.3 Å². The molecule has 0 fully saturated rings. The van der Waals surface area contributed by atoms with Gasteiger partial charge in [0.2, 0.25) is 11.8 Å². The molecule has 1 aromatic heterocycles. The molecule has 0 radical (unpaired) electrons. The number of carboxylic acid groups (broad SMARTS) is 1. The maximum atomic E-state index is 15.4. The lowest BCUT2D eigenvalue weighted by molar-refractivity contribution is -0.144. The van der Waals surface area contributed by atoms with Crippen molar-refractivity contribution in [3.8, 4) is 39.8 Å². The molecule has 462 valence electrons. The Balaban J connectivity index is 1.65. The molecule has 4 aromatic rings. The summed E-state index contributed by atoms with van der Waals surface area (Å²) in [5, 5.41) is 33.1. The van der Waals surface area contributed by atoms with Crippen molar-refractivity contribution in [3.63, 3.8) is 0 Å². The number of hydrogen-bond donors (Lipinski definition) is 6. The van der Waals surface area contributed by atoms with E-state index in [1.165, 1.54) is 44.3 Å². The molecule has 3 aromatic carbocycles. The molecular weight excluding hydrogens is 1090 g/mol. The third kappa shape index (κ3) is 19.9. The van der Waals surface area contributed by atoms with Crippen LogP contribution in [0.15, 0.2) is 54.6 Å². The van der Waals surface area contributed by atoms with Crippen molar-refractivity contribution in [3.05, 3.63) is 88.2 Å². The molecule has 0 unspecified atom stereocenters. The van der Waals surface area contributed by atoms with Crippen LogP contribution in [0, 0.1) is 25.7 Å². The highest BCUT2D eigenvalue weighted by molar-refractivity contribution is 6.01. The number of hydrogen-bond acceptors (Lipinski definition) is 16. The van der Waals surface area contributed by atoms with Crippen LogP contribution >= 0.6 is 0 Å². The van der Waals surface area contributed by atoms with Crippen molar-refractivity contribution >= 4 is 47.6 Å². The number of carbonyl (C=O) groups excluding carboxylic acids is 7. The predicted octanol–water partition coefficient (Wildman–Crippen LogP) is 9.26. The highest BCUT2D eigenvalue weighted by Crippen LogP contribution is 2.44. The number of alkyl carbamates (subject to hydrolysis) is 3. The van der Waals surface area contributed by atoms with Crippen LogP contribution in [0.25, 0.3) is 22.5 Å². The number of benzene rings is 3. The molecule has 6 N–H and O–H groups in total. The van der Waals surface area contributed by atoms with Gasteiger partial charge in [-0.25, -0.2) is 29.1 Å². The maximum absolute atomic E-state index is 15.4. The Bertz CT molecular complexity index is 3090.